The number of thioether (sulfide) groups is 1. The SMILES string of the molecule is COc1ccc(N=C(/N=C(\Nc2ccccc2)c2ccccc2)SC)cc1. The van der Waals surface area contributed by atoms with E-state index in [9.17, 15) is 0 Å². The van der Waals surface area contributed by atoms with Crippen molar-refractivity contribution in [3.8, 4) is 5.75 Å². The summed E-state index contributed by atoms with van der Waals surface area (Å²) in [4.78, 5) is 9.44. The number of anilines is 1. The van der Waals surface area contributed by atoms with Crippen LogP contribution in [0.5, 0.6) is 5.75 Å². The van der Waals surface area contributed by atoms with Crippen LogP contribution in [0.2, 0.25) is 0 Å². The second kappa shape index (κ2) is 9.59. The number of amidine groups is 2. The second-order valence-electron chi connectivity index (χ2n) is 5.61. The summed E-state index contributed by atoms with van der Waals surface area (Å²) in [6.45, 7) is 0. The molecule has 0 aliphatic rings. The maximum absolute atomic E-state index is 5.20. The third kappa shape index (κ3) is 5.46. The molecule has 0 spiro atoms. The third-order valence-electron chi connectivity index (χ3n) is 3.77. The normalized spacial score (nSPS) is 11.9. The number of nitrogens with one attached hydrogen (secondary N) is 1. The van der Waals surface area contributed by atoms with Crippen molar-refractivity contribution in [1.29, 1.82) is 0 Å². The molecule has 0 aliphatic heterocycles. The van der Waals surface area contributed by atoms with Crippen LogP contribution in [-0.2, 0) is 0 Å². The van der Waals surface area contributed by atoms with Crippen LogP contribution in [0.15, 0.2) is 94.9 Å². The number of rotatable bonds is 4. The van der Waals surface area contributed by atoms with Gasteiger partial charge in [0.25, 0.3) is 0 Å². The van der Waals surface area contributed by atoms with E-state index in [0.29, 0.717) is 5.17 Å². The maximum Gasteiger partial charge on any atom is 0.189 e. The van der Waals surface area contributed by atoms with E-state index in [1.54, 1.807) is 7.11 Å². The minimum atomic E-state index is 0.669. The van der Waals surface area contributed by atoms with Gasteiger partial charge in [0, 0.05) is 11.3 Å². The van der Waals surface area contributed by atoms with Crippen molar-refractivity contribution in [2.24, 2.45) is 9.98 Å². The molecule has 0 heterocycles. The lowest BCUT2D eigenvalue weighted by Crippen LogP contribution is -2.15. The molecule has 0 fully saturated rings. The Kier molecular flexibility index (Phi) is 6.66. The summed E-state index contributed by atoms with van der Waals surface area (Å²) in [6.07, 6.45) is 1.97. The maximum atomic E-state index is 5.20. The summed E-state index contributed by atoms with van der Waals surface area (Å²) in [5.74, 6) is 1.56. The smallest absolute Gasteiger partial charge is 0.189 e. The molecule has 0 unspecified atom stereocenters. The number of hydrogen-bond acceptors (Lipinski definition) is 3. The van der Waals surface area contributed by atoms with Crippen molar-refractivity contribution in [1.82, 2.24) is 0 Å². The Labute approximate surface area is 164 Å². The highest BCUT2D eigenvalue weighted by atomic mass is 32.2. The first-order valence-electron chi connectivity index (χ1n) is 8.51. The number of nitrogens with zero attached hydrogens (tertiary/aromatic N) is 2. The first-order chi connectivity index (χ1) is 13.3. The molecule has 136 valence electrons. The fourth-order valence-corrected chi connectivity index (χ4v) is 2.78. The minimum Gasteiger partial charge on any atom is -0.497 e. The van der Waals surface area contributed by atoms with Gasteiger partial charge in [-0.25, -0.2) is 9.98 Å². The van der Waals surface area contributed by atoms with Gasteiger partial charge in [0.2, 0.25) is 0 Å². The molecule has 3 rings (SSSR count). The summed E-state index contributed by atoms with van der Waals surface area (Å²) in [6, 6.07) is 27.6. The van der Waals surface area contributed by atoms with Gasteiger partial charge >= 0.3 is 0 Å². The molecule has 0 radical (unpaired) electrons. The lowest BCUT2D eigenvalue weighted by Gasteiger charge is -2.11. The molecule has 0 saturated heterocycles. The molecule has 3 aromatic rings. The Hall–Kier alpha value is -3.05. The van der Waals surface area contributed by atoms with E-state index in [4.69, 9.17) is 9.73 Å². The van der Waals surface area contributed by atoms with E-state index in [0.717, 1.165) is 28.5 Å². The fourth-order valence-electron chi connectivity index (χ4n) is 2.40. The van der Waals surface area contributed by atoms with Crippen LogP contribution in [0.25, 0.3) is 0 Å². The number of methoxy groups -OCH3 is 1. The summed E-state index contributed by atoms with van der Waals surface area (Å²) in [7, 11) is 1.65. The zero-order valence-electron chi connectivity index (χ0n) is 15.3. The lowest BCUT2D eigenvalue weighted by molar-refractivity contribution is 0.415. The Bertz CT molecular complexity index is 907. The van der Waals surface area contributed by atoms with E-state index in [-0.39, 0.29) is 0 Å². The molecule has 0 saturated carbocycles. The van der Waals surface area contributed by atoms with E-state index in [2.05, 4.69) is 10.3 Å². The first kappa shape index (κ1) is 18.7. The predicted octanol–water partition coefficient (Wildman–Crippen LogP) is 5.60. The largest absolute Gasteiger partial charge is 0.497 e. The summed E-state index contributed by atoms with van der Waals surface area (Å²) < 4.78 is 5.20. The quantitative estimate of drug-likeness (QED) is 0.476. The molecule has 5 heteroatoms. The van der Waals surface area contributed by atoms with Crippen molar-refractivity contribution < 1.29 is 4.74 Å². The highest BCUT2D eigenvalue weighted by Crippen LogP contribution is 2.20. The number of ether oxygens (including phenoxy) is 1. The molecule has 0 bridgehead atoms. The molecule has 4 nitrogen and oxygen atoms in total. The van der Waals surface area contributed by atoms with Gasteiger partial charge in [0.05, 0.1) is 12.8 Å². The molecular weight excluding hydrogens is 354 g/mol. The standard InChI is InChI=1S/C22H21N3OS/c1-26-20-15-13-19(14-16-20)24-22(27-2)25-21(17-9-5-3-6-10-17)23-18-11-7-4-8-12-18/h3-16H,1-2H3,(H,23,24,25). The zero-order chi connectivity index (χ0) is 18.9. The number of hydrogen-bond donors (Lipinski definition) is 1. The third-order valence-corrected chi connectivity index (χ3v) is 4.32. The van der Waals surface area contributed by atoms with Gasteiger partial charge in [-0.15, -0.1) is 0 Å². The van der Waals surface area contributed by atoms with Crippen molar-refractivity contribution in [3.63, 3.8) is 0 Å². The van der Waals surface area contributed by atoms with Gasteiger partial charge in [0.15, 0.2) is 5.17 Å². The monoisotopic (exact) mass is 375 g/mol. The molecular formula is C22H21N3OS. The van der Waals surface area contributed by atoms with Crippen LogP contribution in [-0.4, -0.2) is 24.4 Å². The number of para-hydroxylation sites is 1. The molecule has 1 N–H and O–H groups in total. The molecule has 3 aromatic carbocycles. The van der Waals surface area contributed by atoms with Gasteiger partial charge in [0.1, 0.15) is 11.6 Å². The first-order valence-corrected chi connectivity index (χ1v) is 9.74. The topological polar surface area (TPSA) is 46.0 Å². The number of benzene rings is 3. The Balaban J connectivity index is 1.95. The molecule has 0 atom stereocenters. The van der Waals surface area contributed by atoms with Crippen molar-refractivity contribution in [3.05, 3.63) is 90.5 Å². The number of aliphatic imine (C=N–C) groups is 2. The van der Waals surface area contributed by atoms with Gasteiger partial charge < -0.3 is 10.1 Å². The van der Waals surface area contributed by atoms with Crippen molar-refractivity contribution in [2.75, 3.05) is 18.7 Å². The summed E-state index contributed by atoms with van der Waals surface area (Å²) >= 11 is 1.50. The average molecular weight is 375 g/mol. The van der Waals surface area contributed by atoms with E-state index < -0.39 is 0 Å². The lowest BCUT2D eigenvalue weighted by atomic mass is 10.2. The summed E-state index contributed by atoms with van der Waals surface area (Å²) in [5, 5.41) is 4.07. The van der Waals surface area contributed by atoms with Crippen LogP contribution >= 0.6 is 11.8 Å². The van der Waals surface area contributed by atoms with Crippen LogP contribution in [0, 0.1) is 0 Å². The Morgan fingerprint density at radius 1 is 0.852 bits per heavy atom. The van der Waals surface area contributed by atoms with Gasteiger partial charge in [-0.3, -0.25) is 0 Å². The van der Waals surface area contributed by atoms with Crippen molar-refractivity contribution in [2.45, 2.75) is 0 Å². The highest BCUT2D eigenvalue weighted by molar-refractivity contribution is 8.13. The van der Waals surface area contributed by atoms with E-state index >= 15 is 0 Å². The molecule has 27 heavy (non-hydrogen) atoms. The molecule has 0 aromatic heterocycles. The van der Waals surface area contributed by atoms with Crippen molar-refractivity contribution >= 4 is 34.1 Å². The van der Waals surface area contributed by atoms with Crippen LogP contribution < -0.4 is 10.1 Å². The van der Waals surface area contributed by atoms with Crippen LogP contribution in [0.1, 0.15) is 5.56 Å². The van der Waals surface area contributed by atoms with Gasteiger partial charge in [-0.1, -0.05) is 60.3 Å². The van der Waals surface area contributed by atoms with Gasteiger partial charge in [-0.2, -0.15) is 0 Å². The Morgan fingerprint density at radius 2 is 1.48 bits per heavy atom. The molecule has 0 aliphatic carbocycles. The second-order valence-corrected chi connectivity index (χ2v) is 6.39. The average Bonchev–Trinajstić information content (AvgIpc) is 2.74. The fraction of sp³-hybridized carbons (Fsp3) is 0.0909. The Morgan fingerprint density at radius 3 is 2.07 bits per heavy atom. The van der Waals surface area contributed by atoms with Crippen LogP contribution in [0.4, 0.5) is 11.4 Å². The summed E-state index contributed by atoms with van der Waals surface area (Å²) in [5.41, 5.74) is 2.80. The minimum absolute atomic E-state index is 0.669. The van der Waals surface area contributed by atoms with Crippen LogP contribution in [0.3, 0.4) is 0 Å². The highest BCUT2D eigenvalue weighted by Gasteiger charge is 2.06. The van der Waals surface area contributed by atoms with E-state index in [1.165, 1.54) is 11.8 Å². The molecule has 0 amide bonds. The van der Waals surface area contributed by atoms with E-state index in [1.807, 2.05) is 91.2 Å². The zero-order valence-corrected chi connectivity index (χ0v) is 16.1. The van der Waals surface area contributed by atoms with Gasteiger partial charge in [-0.05, 0) is 42.7 Å². The predicted molar refractivity (Wildman–Crippen MR) is 117 cm³/mol.